The van der Waals surface area contributed by atoms with Crippen molar-refractivity contribution in [3.8, 4) is 0 Å². The number of amides is 3. The van der Waals surface area contributed by atoms with Crippen LogP contribution in [0, 0.1) is 0 Å². The number of likely N-dealkylation sites (tertiary alicyclic amines) is 1. The zero-order chi connectivity index (χ0) is 15.5. The third-order valence-corrected chi connectivity index (χ3v) is 5.50. The highest BCUT2D eigenvalue weighted by atomic mass is 16.2. The van der Waals surface area contributed by atoms with Crippen molar-refractivity contribution in [2.24, 2.45) is 5.73 Å². The van der Waals surface area contributed by atoms with Gasteiger partial charge in [-0.3, -0.25) is 9.69 Å². The Morgan fingerprint density at radius 1 is 0.818 bits per heavy atom. The number of carbonyl (C=O) groups is 2. The second-order valence-electron chi connectivity index (χ2n) is 6.84. The summed E-state index contributed by atoms with van der Waals surface area (Å²) >= 11 is 0. The average molecular weight is 308 g/mol. The predicted octanol–water partition coefficient (Wildman–Crippen LogP) is 1.01. The number of hydrogen-bond acceptors (Lipinski definition) is 3. The molecule has 2 heterocycles. The van der Waals surface area contributed by atoms with E-state index in [-0.39, 0.29) is 11.9 Å². The lowest BCUT2D eigenvalue weighted by atomic mass is 10.2. The summed E-state index contributed by atoms with van der Waals surface area (Å²) < 4.78 is 0. The first kappa shape index (κ1) is 15.6. The highest BCUT2D eigenvalue weighted by Crippen LogP contribution is 2.25. The topological polar surface area (TPSA) is 69.9 Å². The molecule has 2 N–H and O–H groups in total. The Morgan fingerprint density at radius 3 is 2.32 bits per heavy atom. The lowest BCUT2D eigenvalue weighted by Gasteiger charge is -2.29. The maximum atomic E-state index is 12.8. The quantitative estimate of drug-likeness (QED) is 0.827. The Kier molecular flexibility index (Phi) is 4.86. The van der Waals surface area contributed by atoms with Crippen LogP contribution in [0.15, 0.2) is 0 Å². The van der Waals surface area contributed by atoms with E-state index in [2.05, 4.69) is 4.90 Å². The molecular weight excluding hydrogens is 280 g/mol. The molecule has 1 atom stereocenters. The summed E-state index contributed by atoms with van der Waals surface area (Å²) in [6.45, 7) is 4.29. The minimum Gasteiger partial charge on any atom is -0.351 e. The molecule has 124 valence electrons. The van der Waals surface area contributed by atoms with Gasteiger partial charge in [-0.25, -0.2) is 4.79 Å². The van der Waals surface area contributed by atoms with Gasteiger partial charge >= 0.3 is 6.03 Å². The lowest BCUT2D eigenvalue weighted by Crippen LogP contribution is -2.50. The van der Waals surface area contributed by atoms with Crippen LogP contribution in [0.25, 0.3) is 0 Å². The third kappa shape index (κ3) is 3.21. The van der Waals surface area contributed by atoms with Gasteiger partial charge in [0, 0.05) is 38.8 Å². The van der Waals surface area contributed by atoms with Crippen LogP contribution in [0.3, 0.4) is 0 Å². The fourth-order valence-corrected chi connectivity index (χ4v) is 4.29. The van der Waals surface area contributed by atoms with E-state index in [1.54, 1.807) is 4.90 Å². The molecule has 3 amide bonds. The van der Waals surface area contributed by atoms with Crippen molar-refractivity contribution in [1.29, 1.82) is 0 Å². The fourth-order valence-electron chi connectivity index (χ4n) is 4.29. The molecule has 3 rings (SSSR count). The van der Waals surface area contributed by atoms with Gasteiger partial charge in [0.1, 0.15) is 6.04 Å². The number of rotatable bonds is 2. The molecule has 1 saturated carbocycles. The number of primary amides is 1. The van der Waals surface area contributed by atoms with Crippen LogP contribution in [0.4, 0.5) is 4.79 Å². The molecule has 0 unspecified atom stereocenters. The van der Waals surface area contributed by atoms with Crippen molar-refractivity contribution in [2.45, 2.75) is 57.0 Å². The van der Waals surface area contributed by atoms with Crippen LogP contribution in [0.2, 0.25) is 0 Å². The molecule has 0 bridgehead atoms. The maximum Gasteiger partial charge on any atom is 0.315 e. The molecule has 2 saturated heterocycles. The zero-order valence-corrected chi connectivity index (χ0v) is 13.4. The Hall–Kier alpha value is -1.30. The lowest BCUT2D eigenvalue weighted by molar-refractivity contribution is -0.135. The summed E-state index contributed by atoms with van der Waals surface area (Å²) in [7, 11) is 0. The SMILES string of the molecule is NC(=O)N1CCC[C@H]1C(=O)N1CCCN(C2CCCC2)CC1. The first-order valence-electron chi connectivity index (χ1n) is 8.76. The molecule has 0 aromatic rings. The molecule has 0 radical (unpaired) electrons. The molecule has 1 aliphatic carbocycles. The van der Waals surface area contributed by atoms with Gasteiger partial charge in [-0.05, 0) is 32.1 Å². The van der Waals surface area contributed by atoms with Crippen molar-refractivity contribution in [1.82, 2.24) is 14.7 Å². The van der Waals surface area contributed by atoms with Gasteiger partial charge in [0.15, 0.2) is 0 Å². The number of nitrogens with zero attached hydrogens (tertiary/aromatic N) is 3. The summed E-state index contributed by atoms with van der Waals surface area (Å²) in [4.78, 5) is 30.3. The molecule has 3 fully saturated rings. The standard InChI is InChI=1S/C16H28N4O2/c17-16(22)20-10-3-7-14(20)15(21)19-9-4-8-18(11-12-19)13-5-1-2-6-13/h13-14H,1-12H2,(H2,17,22)/t14-/m0/s1. The van der Waals surface area contributed by atoms with Gasteiger partial charge in [0.25, 0.3) is 0 Å². The van der Waals surface area contributed by atoms with E-state index in [4.69, 9.17) is 5.73 Å². The minimum atomic E-state index is -0.460. The van der Waals surface area contributed by atoms with Gasteiger partial charge in [0.05, 0.1) is 0 Å². The van der Waals surface area contributed by atoms with Crippen LogP contribution in [0.1, 0.15) is 44.9 Å². The molecular formula is C16H28N4O2. The minimum absolute atomic E-state index is 0.101. The molecule has 6 nitrogen and oxygen atoms in total. The average Bonchev–Trinajstić information content (AvgIpc) is 3.14. The second-order valence-corrected chi connectivity index (χ2v) is 6.84. The van der Waals surface area contributed by atoms with Crippen LogP contribution in [-0.2, 0) is 4.79 Å². The predicted molar refractivity (Wildman–Crippen MR) is 84.3 cm³/mol. The molecule has 22 heavy (non-hydrogen) atoms. The number of urea groups is 1. The highest BCUT2D eigenvalue weighted by Gasteiger charge is 2.36. The van der Waals surface area contributed by atoms with Crippen molar-refractivity contribution in [3.63, 3.8) is 0 Å². The normalized spacial score (nSPS) is 28.1. The van der Waals surface area contributed by atoms with E-state index in [0.717, 1.165) is 51.5 Å². The Labute approximate surface area is 132 Å². The van der Waals surface area contributed by atoms with Crippen molar-refractivity contribution >= 4 is 11.9 Å². The van der Waals surface area contributed by atoms with Gasteiger partial charge < -0.3 is 15.5 Å². The van der Waals surface area contributed by atoms with Crippen molar-refractivity contribution < 1.29 is 9.59 Å². The van der Waals surface area contributed by atoms with Crippen molar-refractivity contribution in [3.05, 3.63) is 0 Å². The molecule has 0 aromatic heterocycles. The van der Waals surface area contributed by atoms with E-state index in [1.807, 2.05) is 4.90 Å². The van der Waals surface area contributed by atoms with Crippen LogP contribution in [0.5, 0.6) is 0 Å². The second kappa shape index (κ2) is 6.86. The number of hydrogen-bond donors (Lipinski definition) is 1. The fraction of sp³-hybridized carbons (Fsp3) is 0.875. The Balaban J connectivity index is 1.58. The Morgan fingerprint density at radius 2 is 1.59 bits per heavy atom. The molecule has 0 spiro atoms. The molecule has 3 aliphatic rings. The van der Waals surface area contributed by atoms with E-state index in [1.165, 1.54) is 25.7 Å². The van der Waals surface area contributed by atoms with Crippen LogP contribution >= 0.6 is 0 Å². The summed E-state index contributed by atoms with van der Waals surface area (Å²) in [6, 6.07) is -0.0579. The van der Waals surface area contributed by atoms with Gasteiger partial charge in [0.2, 0.25) is 5.91 Å². The summed E-state index contributed by atoms with van der Waals surface area (Å²) in [5.74, 6) is 0.101. The monoisotopic (exact) mass is 308 g/mol. The zero-order valence-electron chi connectivity index (χ0n) is 13.4. The molecule has 2 aliphatic heterocycles. The third-order valence-electron chi connectivity index (χ3n) is 5.50. The molecule has 0 aromatic carbocycles. The number of carbonyl (C=O) groups excluding carboxylic acids is 2. The Bertz CT molecular complexity index is 422. The van der Waals surface area contributed by atoms with Crippen LogP contribution in [-0.4, -0.2) is 71.4 Å². The van der Waals surface area contributed by atoms with E-state index < -0.39 is 6.03 Å². The summed E-state index contributed by atoms with van der Waals surface area (Å²) in [6.07, 6.45) is 7.98. The van der Waals surface area contributed by atoms with Gasteiger partial charge in [-0.1, -0.05) is 12.8 Å². The number of nitrogens with two attached hydrogens (primary N) is 1. The van der Waals surface area contributed by atoms with Gasteiger partial charge in [-0.2, -0.15) is 0 Å². The summed E-state index contributed by atoms with van der Waals surface area (Å²) in [5, 5.41) is 0. The first-order valence-corrected chi connectivity index (χ1v) is 8.76. The van der Waals surface area contributed by atoms with E-state index in [0.29, 0.717) is 6.54 Å². The van der Waals surface area contributed by atoms with E-state index >= 15 is 0 Å². The van der Waals surface area contributed by atoms with Crippen LogP contribution < -0.4 is 5.73 Å². The summed E-state index contributed by atoms with van der Waals surface area (Å²) in [5.41, 5.74) is 5.40. The largest absolute Gasteiger partial charge is 0.351 e. The molecule has 6 heteroatoms. The first-order chi connectivity index (χ1) is 10.7. The van der Waals surface area contributed by atoms with Gasteiger partial charge in [-0.15, -0.1) is 0 Å². The van der Waals surface area contributed by atoms with E-state index in [9.17, 15) is 9.59 Å². The van der Waals surface area contributed by atoms with Crippen molar-refractivity contribution in [2.75, 3.05) is 32.7 Å². The highest BCUT2D eigenvalue weighted by molar-refractivity contribution is 5.87. The smallest absolute Gasteiger partial charge is 0.315 e. The maximum absolute atomic E-state index is 12.8.